The Hall–Kier alpha value is 0.360. The van der Waals surface area contributed by atoms with Crippen LogP contribution in [-0.4, -0.2) is 17.5 Å². The standard InChI is InChI=1S/CN.Na.H2O4S/c1-2;;1-5(2,3)4/h;;(H2,1,2,3,4)/q-1;+1;. The van der Waals surface area contributed by atoms with Crippen molar-refractivity contribution in [1.82, 2.24) is 0 Å². The molecule has 0 fully saturated rings. The number of rotatable bonds is 0. The van der Waals surface area contributed by atoms with Gasteiger partial charge < -0.3 is 11.8 Å². The van der Waals surface area contributed by atoms with Gasteiger partial charge >= 0.3 is 40.0 Å². The SMILES string of the molecule is O=S(=O)(O)O.[C-]#N.[Na+]. The van der Waals surface area contributed by atoms with Crippen LogP contribution in [-0.2, 0) is 10.4 Å². The molecule has 0 saturated heterocycles. The minimum Gasteiger partial charge on any atom is -0.512 e. The third-order valence-electron chi connectivity index (χ3n) is 0. The van der Waals surface area contributed by atoms with Crippen molar-refractivity contribution < 1.29 is 47.1 Å². The molecule has 7 heteroatoms. The third-order valence-corrected chi connectivity index (χ3v) is 0. The summed E-state index contributed by atoms with van der Waals surface area (Å²) in [6, 6.07) is 0. The van der Waals surface area contributed by atoms with Gasteiger partial charge in [-0.05, 0) is 0 Å². The summed E-state index contributed by atoms with van der Waals surface area (Å²) < 4.78 is 31.6. The number of hydrogen-bond donors (Lipinski definition) is 2. The fourth-order valence-electron chi connectivity index (χ4n) is 0. The molecule has 0 aromatic rings. The monoisotopic (exact) mass is 147 g/mol. The van der Waals surface area contributed by atoms with Gasteiger partial charge in [0.25, 0.3) is 0 Å². The molecule has 0 bridgehead atoms. The van der Waals surface area contributed by atoms with E-state index in [1.54, 1.807) is 0 Å². The van der Waals surface area contributed by atoms with E-state index < -0.39 is 10.4 Å². The molecule has 0 amide bonds. The van der Waals surface area contributed by atoms with E-state index in [1.807, 2.05) is 0 Å². The quantitative estimate of drug-likeness (QED) is 0.210. The molecule has 0 aliphatic heterocycles. The van der Waals surface area contributed by atoms with Gasteiger partial charge in [-0.15, -0.1) is 0 Å². The minimum absolute atomic E-state index is 0. The van der Waals surface area contributed by atoms with Gasteiger partial charge in [-0.1, -0.05) is 0 Å². The van der Waals surface area contributed by atoms with Gasteiger partial charge in [0, 0.05) is 0 Å². The zero-order chi connectivity index (χ0) is 6.50. The molecule has 8 heavy (non-hydrogen) atoms. The second-order valence-corrected chi connectivity index (χ2v) is 1.34. The Kier molecular flexibility index (Phi) is 14.5. The van der Waals surface area contributed by atoms with Gasteiger partial charge in [0.1, 0.15) is 0 Å². The van der Waals surface area contributed by atoms with Crippen molar-refractivity contribution in [2.75, 3.05) is 0 Å². The summed E-state index contributed by atoms with van der Waals surface area (Å²) in [5, 5.41) is 6.25. The van der Waals surface area contributed by atoms with E-state index >= 15 is 0 Å². The van der Waals surface area contributed by atoms with Crippen molar-refractivity contribution in [2.45, 2.75) is 0 Å². The van der Waals surface area contributed by atoms with Crippen LogP contribution in [0.15, 0.2) is 0 Å². The van der Waals surface area contributed by atoms with Crippen molar-refractivity contribution in [3.8, 4) is 0 Å². The molecule has 0 radical (unpaired) electrons. The Morgan fingerprint density at radius 2 is 1.25 bits per heavy atom. The van der Waals surface area contributed by atoms with Crippen LogP contribution in [0.25, 0.3) is 0 Å². The molecular weight excluding hydrogens is 145 g/mol. The van der Waals surface area contributed by atoms with Gasteiger partial charge in [0.2, 0.25) is 0 Å². The summed E-state index contributed by atoms with van der Waals surface area (Å²) in [6.07, 6.45) is 0. The maximum atomic E-state index is 8.74. The molecule has 42 valence electrons. The molecule has 2 N–H and O–H groups in total. The Labute approximate surface area is 69.2 Å². The van der Waals surface area contributed by atoms with Crippen LogP contribution in [0.3, 0.4) is 0 Å². The number of nitrogens with zero attached hydrogens (tertiary/aromatic N) is 1. The van der Waals surface area contributed by atoms with E-state index in [0.29, 0.717) is 0 Å². The summed E-state index contributed by atoms with van der Waals surface area (Å²) in [5.41, 5.74) is 0. The molecule has 0 saturated carbocycles. The first kappa shape index (κ1) is 15.8. The minimum atomic E-state index is -4.67. The van der Waals surface area contributed by atoms with E-state index in [4.69, 9.17) is 29.4 Å². The Bertz CT molecular complexity index is 127. The van der Waals surface area contributed by atoms with E-state index in [1.165, 1.54) is 0 Å². The molecule has 0 aromatic heterocycles. The molecule has 0 heterocycles. The molecule has 0 aliphatic carbocycles. The Morgan fingerprint density at radius 1 is 1.25 bits per heavy atom. The predicted molar refractivity (Wildman–Crippen MR) is 19.1 cm³/mol. The van der Waals surface area contributed by atoms with Gasteiger partial charge in [0.05, 0.1) is 0 Å². The van der Waals surface area contributed by atoms with Gasteiger partial charge in [-0.2, -0.15) is 8.42 Å². The van der Waals surface area contributed by atoms with E-state index in [0.717, 1.165) is 0 Å². The maximum absolute atomic E-state index is 8.74. The summed E-state index contributed by atoms with van der Waals surface area (Å²) in [4.78, 5) is 0. The maximum Gasteiger partial charge on any atom is 1.00 e. The van der Waals surface area contributed by atoms with Crippen LogP contribution < -0.4 is 29.6 Å². The van der Waals surface area contributed by atoms with Crippen LogP contribution in [0, 0.1) is 11.8 Å². The van der Waals surface area contributed by atoms with Crippen molar-refractivity contribution in [1.29, 1.82) is 5.26 Å². The fraction of sp³-hybridized carbons (Fsp3) is 0. The largest absolute Gasteiger partial charge is 1.00 e. The van der Waals surface area contributed by atoms with Crippen molar-refractivity contribution >= 4 is 10.4 Å². The van der Waals surface area contributed by atoms with Crippen molar-refractivity contribution in [3.05, 3.63) is 6.57 Å². The smallest absolute Gasteiger partial charge is 0.512 e. The topological polar surface area (TPSA) is 98.4 Å². The van der Waals surface area contributed by atoms with Crippen LogP contribution >= 0.6 is 0 Å². The second kappa shape index (κ2) is 7.36. The first-order chi connectivity index (χ1) is 3.00. The fourth-order valence-corrected chi connectivity index (χ4v) is 0. The normalized spacial score (nSPS) is 7.50. The van der Waals surface area contributed by atoms with E-state index in [2.05, 4.69) is 0 Å². The van der Waals surface area contributed by atoms with Gasteiger partial charge in [-0.25, -0.2) is 0 Å². The summed E-state index contributed by atoms with van der Waals surface area (Å²) in [5.74, 6) is 0. The average Bonchev–Trinajstić information content (AvgIpc) is 1.36. The van der Waals surface area contributed by atoms with Gasteiger partial charge in [-0.3, -0.25) is 9.11 Å². The molecule has 0 spiro atoms. The number of hydrogen-bond acceptors (Lipinski definition) is 3. The summed E-state index contributed by atoms with van der Waals surface area (Å²) in [6.45, 7) is 4.75. The molecule has 0 aromatic carbocycles. The van der Waals surface area contributed by atoms with Crippen LogP contribution in [0.4, 0.5) is 0 Å². The second-order valence-electron chi connectivity index (χ2n) is 0.448. The van der Waals surface area contributed by atoms with E-state index in [-0.39, 0.29) is 29.6 Å². The molecule has 5 nitrogen and oxygen atoms in total. The zero-order valence-corrected chi connectivity index (χ0v) is 6.88. The average molecular weight is 147 g/mol. The Balaban J connectivity index is -0.0000000750. The molecule has 0 unspecified atom stereocenters. The molecular formula is CH2NNaO4S. The van der Waals surface area contributed by atoms with Crippen molar-refractivity contribution in [3.63, 3.8) is 0 Å². The van der Waals surface area contributed by atoms with E-state index in [9.17, 15) is 0 Å². The first-order valence-corrected chi connectivity index (χ1v) is 2.32. The molecule has 0 aliphatic rings. The van der Waals surface area contributed by atoms with Crippen molar-refractivity contribution in [2.24, 2.45) is 0 Å². The van der Waals surface area contributed by atoms with Crippen LogP contribution in [0.1, 0.15) is 0 Å². The molecule has 0 atom stereocenters. The van der Waals surface area contributed by atoms with Crippen LogP contribution in [0.5, 0.6) is 0 Å². The summed E-state index contributed by atoms with van der Waals surface area (Å²) in [7, 11) is -4.67. The summed E-state index contributed by atoms with van der Waals surface area (Å²) >= 11 is 0. The molecule has 0 rings (SSSR count). The first-order valence-electron chi connectivity index (χ1n) is 0.922. The van der Waals surface area contributed by atoms with Gasteiger partial charge in [0.15, 0.2) is 0 Å². The third kappa shape index (κ3) is 1410. The predicted octanol–water partition coefficient (Wildman–Crippen LogP) is -3.55. The van der Waals surface area contributed by atoms with Crippen LogP contribution in [0.2, 0.25) is 0 Å². The Morgan fingerprint density at radius 3 is 1.25 bits per heavy atom. The zero-order valence-electron chi connectivity index (χ0n) is 4.07.